The highest BCUT2D eigenvalue weighted by Gasteiger charge is 2.45. The van der Waals surface area contributed by atoms with Crippen LogP contribution in [0, 0.1) is 0 Å². The summed E-state index contributed by atoms with van der Waals surface area (Å²) in [6.45, 7) is 13.0. The van der Waals surface area contributed by atoms with Crippen molar-refractivity contribution in [3.8, 4) is 0 Å². The molecule has 3 heterocycles. The van der Waals surface area contributed by atoms with E-state index in [0.29, 0.717) is 58.3 Å². The second-order valence-corrected chi connectivity index (χ2v) is 28.2. The minimum atomic E-state index is -4.07. The van der Waals surface area contributed by atoms with Gasteiger partial charge in [-0.1, -0.05) is 97.9 Å². The summed E-state index contributed by atoms with van der Waals surface area (Å²) in [4.78, 5) is 88.0. The number of rotatable bonds is 39. The Hall–Kier alpha value is -8.37. The minimum absolute atomic E-state index is 0.0449. The van der Waals surface area contributed by atoms with Gasteiger partial charge in [-0.25, -0.2) is 0 Å². The Morgan fingerprint density at radius 1 is 0.620 bits per heavy atom. The summed E-state index contributed by atoms with van der Waals surface area (Å²) in [5.74, 6) is -4.37. The maximum absolute atomic E-state index is 13.8. The quantitative estimate of drug-likeness (QED) is 0.00429. The van der Waals surface area contributed by atoms with Crippen LogP contribution in [-0.4, -0.2) is 243 Å². The average molecular weight is 1400 g/mol. The number of carboxylic acids is 3. The molecule has 3 aliphatic heterocycles. The zero-order chi connectivity index (χ0) is 72.1. The number of unbranched alkanes of at least 4 members (excludes halogenated alkanes) is 4. The van der Waals surface area contributed by atoms with Gasteiger partial charge in [0.05, 0.1) is 63.8 Å². The number of carbonyl (C=O) groups excluding carboxylic acids is 3. The highest BCUT2D eigenvalue weighted by Crippen LogP contribution is 2.49. The van der Waals surface area contributed by atoms with Crippen molar-refractivity contribution in [1.82, 2.24) is 35.6 Å². The average Bonchev–Trinajstić information content (AvgIpc) is 1.59. The molecular formula is C73H101N12O14S+. The van der Waals surface area contributed by atoms with Crippen LogP contribution in [0.25, 0.3) is 32.0 Å². The van der Waals surface area contributed by atoms with Crippen molar-refractivity contribution in [1.29, 1.82) is 0 Å². The molecule has 4 aromatic carbocycles. The number of amides is 3. The third-order valence-electron chi connectivity index (χ3n) is 18.4. The van der Waals surface area contributed by atoms with Crippen molar-refractivity contribution in [2.75, 3.05) is 148 Å². The predicted molar refractivity (Wildman–Crippen MR) is 387 cm³/mol. The van der Waals surface area contributed by atoms with E-state index in [1.807, 2.05) is 53.5 Å². The molecule has 1 unspecified atom stereocenters. The van der Waals surface area contributed by atoms with Crippen molar-refractivity contribution < 1.29 is 71.1 Å². The summed E-state index contributed by atoms with van der Waals surface area (Å²) in [5.41, 5.74) is 14.7. The fourth-order valence-electron chi connectivity index (χ4n) is 13.1. The number of benzene rings is 4. The molecule has 1 fully saturated rings. The number of ether oxygens (including phenoxy) is 2. The van der Waals surface area contributed by atoms with Gasteiger partial charge in [0.15, 0.2) is 5.71 Å². The molecule has 7 N–H and O–H groups in total. The highest BCUT2D eigenvalue weighted by molar-refractivity contribution is 7.85. The fourth-order valence-corrected chi connectivity index (χ4v) is 13.7. The van der Waals surface area contributed by atoms with Gasteiger partial charge in [0, 0.05) is 131 Å². The van der Waals surface area contributed by atoms with Gasteiger partial charge in [-0.2, -0.15) is 13.0 Å². The van der Waals surface area contributed by atoms with E-state index < -0.39 is 34.1 Å². The minimum Gasteiger partial charge on any atom is -0.480 e. The van der Waals surface area contributed by atoms with Crippen molar-refractivity contribution in [3.05, 3.63) is 143 Å². The van der Waals surface area contributed by atoms with E-state index in [4.69, 9.17) is 15.0 Å². The van der Waals surface area contributed by atoms with E-state index in [1.54, 1.807) is 14.7 Å². The molecule has 0 aliphatic carbocycles. The number of allylic oxidation sites excluding steroid dienone is 8. The molecule has 26 nitrogen and oxygen atoms in total. The van der Waals surface area contributed by atoms with Crippen molar-refractivity contribution >= 4 is 84.4 Å². The monoisotopic (exact) mass is 1400 g/mol. The predicted octanol–water partition coefficient (Wildman–Crippen LogP) is 7.65. The number of anilines is 1. The lowest BCUT2D eigenvalue weighted by Crippen LogP contribution is -2.49. The fraction of sp³-hybridized carbons (Fsp3) is 0.521. The lowest BCUT2D eigenvalue weighted by atomic mass is 9.80. The van der Waals surface area contributed by atoms with E-state index in [1.165, 1.54) is 11.1 Å². The van der Waals surface area contributed by atoms with Crippen molar-refractivity contribution in [2.45, 2.75) is 102 Å². The van der Waals surface area contributed by atoms with Gasteiger partial charge < -0.3 is 45.6 Å². The molecular weight excluding hydrogens is 1300 g/mol. The summed E-state index contributed by atoms with van der Waals surface area (Å²) in [5, 5.41) is 45.6. The van der Waals surface area contributed by atoms with Crippen LogP contribution in [0.3, 0.4) is 0 Å². The Kier molecular flexibility index (Phi) is 31.3. The smallest absolute Gasteiger partial charge is 0.317 e. The lowest BCUT2D eigenvalue weighted by molar-refractivity contribution is -0.438. The molecule has 0 radical (unpaired) electrons. The number of carboxylic acid groups (broad SMARTS) is 3. The first-order chi connectivity index (χ1) is 47.9. The number of nitrogens with one attached hydrogen (secondary N) is 3. The van der Waals surface area contributed by atoms with Gasteiger partial charge in [0.2, 0.25) is 23.4 Å². The molecule has 0 spiro atoms. The second kappa shape index (κ2) is 39.6. The van der Waals surface area contributed by atoms with E-state index >= 15 is 0 Å². The van der Waals surface area contributed by atoms with Crippen LogP contribution in [0.5, 0.6) is 0 Å². The van der Waals surface area contributed by atoms with E-state index in [2.05, 4.69) is 130 Å². The summed E-state index contributed by atoms with van der Waals surface area (Å²) in [7, 11) is -4.07. The summed E-state index contributed by atoms with van der Waals surface area (Å²) >= 11 is 0. The lowest BCUT2D eigenvalue weighted by Gasteiger charge is -2.32. The van der Waals surface area contributed by atoms with Gasteiger partial charge >= 0.3 is 17.9 Å². The summed E-state index contributed by atoms with van der Waals surface area (Å²) in [6, 6.07) is 24.8. The van der Waals surface area contributed by atoms with E-state index in [-0.39, 0.29) is 159 Å². The third-order valence-corrected chi connectivity index (χ3v) is 19.2. The Bertz CT molecular complexity index is 3760. The molecule has 27 heteroatoms. The molecule has 0 bridgehead atoms. The van der Waals surface area contributed by atoms with Crippen molar-refractivity contribution in [3.63, 3.8) is 0 Å². The summed E-state index contributed by atoms with van der Waals surface area (Å²) in [6.07, 6.45) is 18.9. The zero-order valence-corrected chi connectivity index (χ0v) is 59.1. The van der Waals surface area contributed by atoms with E-state index in [9.17, 15) is 57.1 Å². The number of hydrogen-bond acceptors (Lipinski definition) is 16. The van der Waals surface area contributed by atoms with Crippen molar-refractivity contribution in [2.24, 2.45) is 5.11 Å². The normalized spacial score (nSPS) is 17.2. The molecule has 7 rings (SSSR count). The Labute approximate surface area is 586 Å². The molecule has 0 saturated carbocycles. The molecule has 1 atom stereocenters. The number of hydrogen-bond donors (Lipinski definition) is 7. The molecule has 3 aliphatic rings. The van der Waals surface area contributed by atoms with Crippen LogP contribution in [0.4, 0.5) is 11.4 Å². The SMILES string of the molecule is CC1(C)C(/C=C/C=C/C=C/C=C2\N(CCCCS(=O)(=O)O)c3cc4ccccc4cc3C2(C)C)=[N+](CCCCCC(=O)NC(CCCCNC(=O)CN2CCN(CC(=O)O)CCN(CC(=O)O)CCN(CC(=O)O)CC2)C(=O)NCCOCCOCCN=[N+]=[N-])c2cc3ccccc3cc21. The second-order valence-electron chi connectivity index (χ2n) is 26.6. The molecule has 1 saturated heterocycles. The van der Waals surface area contributed by atoms with Crippen LogP contribution in [0.1, 0.15) is 96.6 Å². The number of azide groups is 1. The highest BCUT2D eigenvalue weighted by atomic mass is 32.2. The maximum atomic E-state index is 13.8. The Morgan fingerprint density at radius 3 is 1.76 bits per heavy atom. The molecule has 542 valence electrons. The standard InChI is InChI=1S/C73H100N12O14S/c1-72(2)59-47-55-21-12-14-23-57(55)49-62(59)84(64(72)26-9-6-5-7-10-27-65-73(3,4)60-48-56-22-13-15-24-58(56)50-63(60)85(65)33-19-20-46-100(95,96)97)32-18-8-11-28-66(86)78-61(71(94)76-30-42-98-44-45-99-43-31-77-79-74)25-16-17-29-75-67(87)51-80-34-36-81(52-68(88)89)38-40-83(54-70(92)93)41-39-82(37-35-80)53-69(90)91/h5-7,9-10,12-15,21-24,26-27,47-50,61H,8,11,16-20,25,28-46,51-54H2,1-4H3,(H6-,75,76,78,86,87,88,89,90,91,92,93,94,95,96,97)/p+1. The van der Waals surface area contributed by atoms with Crippen LogP contribution in [0.15, 0.2) is 126 Å². The van der Waals surface area contributed by atoms with Gasteiger partial charge in [0.1, 0.15) is 12.6 Å². The van der Waals surface area contributed by atoms with Gasteiger partial charge in [-0.15, -0.1) is 0 Å². The molecule has 100 heavy (non-hydrogen) atoms. The Morgan fingerprint density at radius 2 is 1.17 bits per heavy atom. The third kappa shape index (κ3) is 25.1. The number of aliphatic carboxylic acids is 3. The van der Waals surface area contributed by atoms with Gasteiger partial charge in [0.25, 0.3) is 10.1 Å². The number of nitrogens with zero attached hydrogens (tertiary/aromatic N) is 9. The maximum Gasteiger partial charge on any atom is 0.317 e. The molecule has 4 aromatic rings. The van der Waals surface area contributed by atoms with Gasteiger partial charge in [-0.3, -0.25) is 52.9 Å². The van der Waals surface area contributed by atoms with Crippen LogP contribution < -0.4 is 20.9 Å². The Balaban J connectivity index is 0.959. The summed E-state index contributed by atoms with van der Waals surface area (Å²) < 4.78 is 46.0. The topological polar surface area (TPSA) is 340 Å². The van der Waals surface area contributed by atoms with Crippen LogP contribution >= 0.6 is 0 Å². The first-order valence-electron chi connectivity index (χ1n) is 34.6. The van der Waals surface area contributed by atoms with Gasteiger partial charge in [-0.05, 0) is 116 Å². The molecule has 0 aromatic heterocycles. The first-order valence-corrected chi connectivity index (χ1v) is 36.3. The largest absolute Gasteiger partial charge is 0.480 e. The number of carbonyl (C=O) groups is 6. The van der Waals surface area contributed by atoms with Crippen LogP contribution in [-0.2, 0) is 59.2 Å². The zero-order valence-electron chi connectivity index (χ0n) is 58.3. The molecule has 3 amide bonds. The van der Waals surface area contributed by atoms with Crippen LogP contribution in [0.2, 0.25) is 0 Å². The van der Waals surface area contributed by atoms with E-state index in [0.717, 1.165) is 57.2 Å². The number of fused-ring (bicyclic) bond motifs is 4. The first kappa shape index (κ1) is 79.0.